The van der Waals surface area contributed by atoms with Crippen molar-refractivity contribution in [2.45, 2.75) is 12.8 Å². The van der Waals surface area contributed by atoms with Gasteiger partial charge in [0.1, 0.15) is 0 Å². The van der Waals surface area contributed by atoms with Crippen molar-refractivity contribution in [1.29, 1.82) is 0 Å². The maximum absolute atomic E-state index is 11.7. The molecule has 1 heterocycles. The Morgan fingerprint density at radius 3 is 2.33 bits per heavy atom. The van der Waals surface area contributed by atoms with Crippen LogP contribution >= 0.6 is 0 Å². The van der Waals surface area contributed by atoms with E-state index in [1.54, 1.807) is 0 Å². The number of carbonyl (C=O) groups is 1. The van der Waals surface area contributed by atoms with Gasteiger partial charge < -0.3 is 17.8 Å². The molecule has 1 saturated heterocycles. The fourth-order valence-electron chi connectivity index (χ4n) is 1.15. The summed E-state index contributed by atoms with van der Waals surface area (Å²) < 4.78 is 35.2. The first-order valence-corrected chi connectivity index (χ1v) is 3.48. The molecule has 0 spiro atoms. The molecule has 1 rings (SSSR count). The SMILES string of the molecule is O=C1CCCN1C[B-](F)(F)F.[K+]. The fourth-order valence-corrected chi connectivity index (χ4v) is 1.15. The average Bonchev–Trinajstić information content (AvgIpc) is 2.12. The van der Waals surface area contributed by atoms with E-state index in [1.165, 1.54) is 0 Å². The zero-order valence-electron chi connectivity index (χ0n) is 6.90. The van der Waals surface area contributed by atoms with E-state index in [0.29, 0.717) is 6.42 Å². The Labute approximate surface area is 111 Å². The van der Waals surface area contributed by atoms with Crippen molar-refractivity contribution in [1.82, 2.24) is 4.90 Å². The molecule has 1 aliphatic heterocycles. The van der Waals surface area contributed by atoms with E-state index < -0.39 is 13.4 Å². The number of nitrogens with zero attached hydrogens (tertiary/aromatic N) is 1. The molecule has 0 radical (unpaired) electrons. The topological polar surface area (TPSA) is 20.3 Å². The van der Waals surface area contributed by atoms with Crippen molar-refractivity contribution in [3.8, 4) is 0 Å². The van der Waals surface area contributed by atoms with Gasteiger partial charge in [0, 0.05) is 13.0 Å². The molecular weight excluding hydrogens is 197 g/mol. The Morgan fingerprint density at radius 2 is 2.00 bits per heavy atom. The van der Waals surface area contributed by atoms with Gasteiger partial charge in [-0.3, -0.25) is 4.79 Å². The van der Waals surface area contributed by atoms with Crippen molar-refractivity contribution in [3.05, 3.63) is 0 Å². The molecule has 0 aromatic carbocycles. The second kappa shape index (κ2) is 5.00. The number of amides is 1. The van der Waals surface area contributed by atoms with Gasteiger partial charge in [-0.05, 0) is 12.9 Å². The number of hydrogen-bond acceptors (Lipinski definition) is 1. The van der Waals surface area contributed by atoms with Gasteiger partial charge in [-0.1, -0.05) is 0 Å². The van der Waals surface area contributed by atoms with Crippen molar-refractivity contribution < 1.29 is 69.1 Å². The van der Waals surface area contributed by atoms with Crippen molar-refractivity contribution in [2.24, 2.45) is 0 Å². The van der Waals surface area contributed by atoms with Crippen LogP contribution in [0, 0.1) is 0 Å². The number of likely N-dealkylation sites (tertiary alicyclic amines) is 1. The Kier molecular flexibility index (Phi) is 5.40. The van der Waals surface area contributed by atoms with Crippen LogP contribution in [0.4, 0.5) is 12.9 Å². The zero-order chi connectivity index (χ0) is 8.48. The van der Waals surface area contributed by atoms with E-state index in [2.05, 4.69) is 0 Å². The second-order valence-electron chi connectivity index (χ2n) is 2.65. The number of halogens is 3. The molecule has 1 fully saturated rings. The molecule has 1 aliphatic rings. The molecule has 64 valence electrons. The van der Waals surface area contributed by atoms with Crippen LogP contribution in [0.15, 0.2) is 0 Å². The van der Waals surface area contributed by atoms with E-state index in [0.717, 1.165) is 4.90 Å². The van der Waals surface area contributed by atoms with E-state index in [9.17, 15) is 17.7 Å². The summed E-state index contributed by atoms with van der Waals surface area (Å²) in [7, 11) is 0. The van der Waals surface area contributed by atoms with Gasteiger partial charge in [0.05, 0.1) is 0 Å². The summed E-state index contributed by atoms with van der Waals surface area (Å²) in [4.78, 5) is 11.6. The minimum atomic E-state index is -4.84. The van der Waals surface area contributed by atoms with E-state index in [1.807, 2.05) is 0 Å². The second-order valence-corrected chi connectivity index (χ2v) is 2.65. The molecule has 12 heavy (non-hydrogen) atoms. The van der Waals surface area contributed by atoms with Gasteiger partial charge >= 0.3 is 58.4 Å². The molecule has 2 nitrogen and oxygen atoms in total. The summed E-state index contributed by atoms with van der Waals surface area (Å²) in [6.45, 7) is -4.58. The van der Waals surface area contributed by atoms with Crippen LogP contribution in [0.2, 0.25) is 0 Å². The Hall–Kier alpha value is 0.961. The third-order valence-corrected chi connectivity index (χ3v) is 1.60. The molecule has 1 amide bonds. The normalized spacial score (nSPS) is 17.9. The molecule has 0 bridgehead atoms. The van der Waals surface area contributed by atoms with Gasteiger partial charge in [0.25, 0.3) is 0 Å². The third-order valence-electron chi connectivity index (χ3n) is 1.60. The zero-order valence-corrected chi connectivity index (χ0v) is 10.0. The van der Waals surface area contributed by atoms with Gasteiger partial charge in [-0.2, -0.15) is 0 Å². The monoisotopic (exact) mass is 205 g/mol. The molecule has 0 aliphatic carbocycles. The number of rotatable bonds is 2. The Morgan fingerprint density at radius 1 is 1.42 bits per heavy atom. The van der Waals surface area contributed by atoms with E-state index in [4.69, 9.17) is 0 Å². The van der Waals surface area contributed by atoms with Crippen LogP contribution in [0.5, 0.6) is 0 Å². The predicted molar refractivity (Wildman–Crippen MR) is 34.9 cm³/mol. The smallest absolute Gasteiger partial charge is 0.448 e. The minimum Gasteiger partial charge on any atom is -0.448 e. The molecule has 0 N–H and O–H groups in total. The van der Waals surface area contributed by atoms with Gasteiger partial charge in [0.15, 0.2) is 0 Å². The van der Waals surface area contributed by atoms with Gasteiger partial charge in [0.2, 0.25) is 5.91 Å². The van der Waals surface area contributed by atoms with Crippen LogP contribution in [0.1, 0.15) is 12.8 Å². The van der Waals surface area contributed by atoms with Crippen molar-refractivity contribution in [2.75, 3.05) is 13.0 Å². The summed E-state index contributed by atoms with van der Waals surface area (Å²) in [5.74, 6) is -0.371. The Bertz CT molecular complexity index is 175. The predicted octanol–water partition coefficient (Wildman–Crippen LogP) is -2.00. The average molecular weight is 205 g/mol. The van der Waals surface area contributed by atoms with Crippen LogP contribution in [0.3, 0.4) is 0 Å². The summed E-state index contributed by atoms with van der Waals surface area (Å²) in [6.07, 6.45) is -0.198. The molecule has 0 aromatic heterocycles. The Balaban J connectivity index is 0.00000121. The molecule has 0 aromatic rings. The summed E-state index contributed by atoms with van der Waals surface area (Å²) in [5.41, 5.74) is 0. The first-order valence-electron chi connectivity index (χ1n) is 3.48. The van der Waals surface area contributed by atoms with Crippen LogP contribution in [-0.4, -0.2) is 30.8 Å². The van der Waals surface area contributed by atoms with Crippen molar-refractivity contribution >= 4 is 12.9 Å². The fraction of sp³-hybridized carbons (Fsp3) is 0.800. The first-order chi connectivity index (χ1) is 4.99. The molecule has 0 saturated carbocycles. The van der Waals surface area contributed by atoms with Gasteiger partial charge in [-0.25, -0.2) is 0 Å². The molecule has 0 atom stereocenters. The third kappa shape index (κ3) is 4.27. The van der Waals surface area contributed by atoms with E-state index in [-0.39, 0.29) is 70.3 Å². The van der Waals surface area contributed by atoms with Crippen LogP contribution in [-0.2, 0) is 4.79 Å². The number of carbonyl (C=O) groups excluding carboxylic acids is 1. The van der Waals surface area contributed by atoms with Crippen LogP contribution < -0.4 is 51.4 Å². The van der Waals surface area contributed by atoms with Crippen molar-refractivity contribution in [3.63, 3.8) is 0 Å². The molecule has 7 heteroatoms. The molecule has 0 unspecified atom stereocenters. The maximum Gasteiger partial charge on any atom is 1.00 e. The molecular formula is C5H8BF3KNO. The quantitative estimate of drug-likeness (QED) is 0.477. The van der Waals surface area contributed by atoms with Crippen LogP contribution in [0.25, 0.3) is 0 Å². The minimum absolute atomic E-state index is 0. The number of hydrogen-bond donors (Lipinski definition) is 0. The standard InChI is InChI=1S/C5H8BF3NO.K/c7-6(8,9)4-10-3-1-2-5(10)11;/h1-4H2;/q-1;+1. The van der Waals surface area contributed by atoms with Gasteiger partial charge in [-0.15, -0.1) is 0 Å². The summed E-state index contributed by atoms with van der Waals surface area (Å²) >= 11 is 0. The maximum atomic E-state index is 11.7. The van der Waals surface area contributed by atoms with E-state index >= 15 is 0 Å². The largest absolute Gasteiger partial charge is 1.00 e. The summed E-state index contributed by atoms with van der Waals surface area (Å²) in [5, 5.41) is 0. The summed E-state index contributed by atoms with van der Waals surface area (Å²) in [6, 6.07) is 0. The first kappa shape index (κ1) is 13.0.